The van der Waals surface area contributed by atoms with E-state index < -0.39 is 4.92 Å². The SMILES string of the molecule is O=C(C1CCCN1c1ncc([N+](=O)[O-])c(NC2CC2)n1)N1CCOCC1. The summed E-state index contributed by atoms with van der Waals surface area (Å²) in [4.78, 5) is 35.9. The van der Waals surface area contributed by atoms with Crippen molar-refractivity contribution in [3.8, 4) is 0 Å². The van der Waals surface area contributed by atoms with Gasteiger partial charge in [-0.25, -0.2) is 4.98 Å². The molecule has 1 aliphatic carbocycles. The minimum atomic E-state index is -0.477. The minimum absolute atomic E-state index is 0.0597. The summed E-state index contributed by atoms with van der Waals surface area (Å²) in [6, 6.07) is -0.0795. The second kappa shape index (κ2) is 7.02. The van der Waals surface area contributed by atoms with Crippen LogP contribution in [0.3, 0.4) is 0 Å². The van der Waals surface area contributed by atoms with Crippen LogP contribution in [0.15, 0.2) is 6.20 Å². The molecule has 2 saturated heterocycles. The fourth-order valence-corrected chi connectivity index (χ4v) is 3.42. The van der Waals surface area contributed by atoms with Crippen molar-refractivity contribution in [3.05, 3.63) is 16.3 Å². The summed E-state index contributed by atoms with van der Waals surface area (Å²) < 4.78 is 5.31. The van der Waals surface area contributed by atoms with E-state index in [1.165, 1.54) is 6.20 Å². The molecule has 0 radical (unpaired) electrons. The number of aromatic nitrogens is 2. The highest BCUT2D eigenvalue weighted by molar-refractivity contribution is 5.85. The lowest BCUT2D eigenvalue weighted by Crippen LogP contribution is -2.50. The first-order valence-electron chi connectivity index (χ1n) is 9.04. The topological polar surface area (TPSA) is 114 Å². The zero-order valence-corrected chi connectivity index (χ0v) is 14.5. The quantitative estimate of drug-likeness (QED) is 0.604. The number of nitro groups is 1. The molecule has 3 fully saturated rings. The highest BCUT2D eigenvalue weighted by Gasteiger charge is 2.36. The van der Waals surface area contributed by atoms with Crippen LogP contribution in [0, 0.1) is 10.1 Å². The van der Waals surface area contributed by atoms with Gasteiger partial charge in [0.15, 0.2) is 0 Å². The van der Waals surface area contributed by atoms with Gasteiger partial charge in [0.1, 0.15) is 12.2 Å². The monoisotopic (exact) mass is 362 g/mol. The highest BCUT2D eigenvalue weighted by atomic mass is 16.6. The first-order chi connectivity index (χ1) is 12.6. The van der Waals surface area contributed by atoms with Gasteiger partial charge in [-0.05, 0) is 25.7 Å². The van der Waals surface area contributed by atoms with Crippen molar-refractivity contribution < 1.29 is 14.5 Å². The molecule has 140 valence electrons. The van der Waals surface area contributed by atoms with Crippen molar-refractivity contribution in [1.82, 2.24) is 14.9 Å². The molecule has 1 amide bonds. The van der Waals surface area contributed by atoms with Crippen LogP contribution in [0.2, 0.25) is 0 Å². The van der Waals surface area contributed by atoms with Gasteiger partial charge >= 0.3 is 5.69 Å². The predicted octanol–water partition coefficient (Wildman–Crippen LogP) is 0.787. The predicted molar refractivity (Wildman–Crippen MR) is 93.1 cm³/mol. The Labute approximate surface area is 150 Å². The minimum Gasteiger partial charge on any atom is -0.378 e. The first kappa shape index (κ1) is 17.0. The van der Waals surface area contributed by atoms with Crippen molar-refractivity contribution in [2.75, 3.05) is 43.1 Å². The molecule has 3 aliphatic rings. The lowest BCUT2D eigenvalue weighted by atomic mass is 10.2. The molecule has 1 atom stereocenters. The molecular weight excluding hydrogens is 340 g/mol. The maximum absolute atomic E-state index is 12.9. The molecule has 1 unspecified atom stereocenters. The van der Waals surface area contributed by atoms with Crippen LogP contribution in [-0.2, 0) is 9.53 Å². The van der Waals surface area contributed by atoms with Gasteiger partial charge in [0.05, 0.1) is 18.1 Å². The van der Waals surface area contributed by atoms with Crippen LogP contribution < -0.4 is 10.2 Å². The van der Waals surface area contributed by atoms with Gasteiger partial charge in [0, 0.05) is 25.7 Å². The van der Waals surface area contributed by atoms with Crippen LogP contribution in [0.25, 0.3) is 0 Å². The molecule has 1 aromatic heterocycles. The maximum Gasteiger partial charge on any atom is 0.329 e. The van der Waals surface area contributed by atoms with E-state index in [9.17, 15) is 14.9 Å². The summed E-state index contributed by atoms with van der Waals surface area (Å²) in [5.74, 6) is 0.680. The van der Waals surface area contributed by atoms with Gasteiger partial charge < -0.3 is 19.9 Å². The lowest BCUT2D eigenvalue weighted by Gasteiger charge is -2.32. The van der Waals surface area contributed by atoms with E-state index in [0.717, 1.165) is 25.7 Å². The molecule has 0 aromatic carbocycles. The van der Waals surface area contributed by atoms with E-state index >= 15 is 0 Å². The van der Waals surface area contributed by atoms with Crippen molar-refractivity contribution in [2.24, 2.45) is 0 Å². The average Bonchev–Trinajstić information content (AvgIpc) is 3.33. The number of nitrogens with zero attached hydrogens (tertiary/aromatic N) is 5. The van der Waals surface area contributed by atoms with Crippen molar-refractivity contribution in [3.63, 3.8) is 0 Å². The third-order valence-corrected chi connectivity index (χ3v) is 4.99. The van der Waals surface area contributed by atoms with Crippen LogP contribution in [0.1, 0.15) is 25.7 Å². The Kier molecular flexibility index (Phi) is 4.58. The number of morpholine rings is 1. The molecule has 1 N–H and O–H groups in total. The van der Waals surface area contributed by atoms with Gasteiger partial charge in [-0.15, -0.1) is 0 Å². The summed E-state index contributed by atoms with van der Waals surface area (Å²) in [6.07, 6.45) is 4.81. The summed E-state index contributed by atoms with van der Waals surface area (Å²) in [7, 11) is 0. The molecule has 1 aromatic rings. The summed E-state index contributed by atoms with van der Waals surface area (Å²) in [5.41, 5.74) is -0.129. The fraction of sp³-hybridized carbons (Fsp3) is 0.688. The van der Waals surface area contributed by atoms with Crippen molar-refractivity contribution >= 4 is 23.4 Å². The van der Waals surface area contributed by atoms with Crippen LogP contribution >= 0.6 is 0 Å². The Bertz CT molecular complexity index is 704. The van der Waals surface area contributed by atoms with Gasteiger partial charge in [0.25, 0.3) is 0 Å². The zero-order valence-electron chi connectivity index (χ0n) is 14.5. The number of carbonyl (C=O) groups excluding carboxylic acids is 1. The first-order valence-corrected chi connectivity index (χ1v) is 9.04. The smallest absolute Gasteiger partial charge is 0.329 e. The van der Waals surface area contributed by atoms with E-state index in [4.69, 9.17) is 4.74 Å². The summed E-state index contributed by atoms with van der Waals surface area (Å²) in [6.45, 7) is 2.98. The second-order valence-corrected chi connectivity index (χ2v) is 6.87. The molecule has 1 saturated carbocycles. The Morgan fingerprint density at radius 1 is 1.27 bits per heavy atom. The number of hydrogen-bond donors (Lipinski definition) is 1. The molecule has 10 nitrogen and oxygen atoms in total. The highest BCUT2D eigenvalue weighted by Crippen LogP contribution is 2.32. The molecule has 0 spiro atoms. The van der Waals surface area contributed by atoms with Crippen LogP contribution in [0.4, 0.5) is 17.5 Å². The summed E-state index contributed by atoms with van der Waals surface area (Å²) in [5, 5.41) is 14.3. The number of nitrogens with one attached hydrogen (secondary N) is 1. The second-order valence-electron chi connectivity index (χ2n) is 6.87. The molecule has 3 heterocycles. The fourth-order valence-electron chi connectivity index (χ4n) is 3.42. The van der Waals surface area contributed by atoms with Crippen molar-refractivity contribution in [1.29, 1.82) is 0 Å². The van der Waals surface area contributed by atoms with E-state index in [2.05, 4.69) is 15.3 Å². The lowest BCUT2D eigenvalue weighted by molar-refractivity contribution is -0.384. The number of anilines is 2. The standard InChI is InChI=1S/C16H22N6O4/c23-15(20-6-8-26-9-7-20)12-2-1-5-21(12)16-17-10-13(22(24)25)14(19-16)18-11-3-4-11/h10-12H,1-9H2,(H,17,18,19). The van der Waals surface area contributed by atoms with E-state index in [1.807, 2.05) is 9.80 Å². The Balaban J connectivity index is 1.56. The van der Waals surface area contributed by atoms with Crippen molar-refractivity contribution in [2.45, 2.75) is 37.8 Å². The molecule has 4 rings (SSSR count). The Hall–Kier alpha value is -2.49. The number of ether oxygens (including phenoxy) is 1. The van der Waals surface area contributed by atoms with Crippen LogP contribution in [0.5, 0.6) is 0 Å². The molecule has 2 aliphatic heterocycles. The third-order valence-electron chi connectivity index (χ3n) is 4.99. The van der Waals surface area contributed by atoms with Gasteiger partial charge in [-0.3, -0.25) is 14.9 Å². The summed E-state index contributed by atoms with van der Waals surface area (Å²) >= 11 is 0. The third kappa shape index (κ3) is 3.41. The van der Waals surface area contributed by atoms with Gasteiger partial charge in [-0.2, -0.15) is 4.98 Å². The normalized spacial score (nSPS) is 23.2. The number of amides is 1. The molecule has 26 heavy (non-hydrogen) atoms. The molecule has 10 heteroatoms. The van der Waals surface area contributed by atoms with Gasteiger partial charge in [0.2, 0.25) is 17.7 Å². The Morgan fingerprint density at radius 3 is 2.73 bits per heavy atom. The van der Waals surface area contributed by atoms with Gasteiger partial charge in [-0.1, -0.05) is 0 Å². The Morgan fingerprint density at radius 2 is 2.04 bits per heavy atom. The van der Waals surface area contributed by atoms with Crippen LogP contribution in [-0.4, -0.2) is 70.6 Å². The number of carbonyl (C=O) groups is 1. The average molecular weight is 362 g/mol. The van der Waals surface area contributed by atoms with E-state index in [0.29, 0.717) is 38.8 Å². The zero-order chi connectivity index (χ0) is 18.1. The molecular formula is C16H22N6O4. The van der Waals surface area contributed by atoms with E-state index in [-0.39, 0.29) is 29.5 Å². The van der Waals surface area contributed by atoms with E-state index in [1.54, 1.807) is 0 Å². The molecule has 0 bridgehead atoms. The number of hydrogen-bond acceptors (Lipinski definition) is 8. The maximum atomic E-state index is 12.9. The number of rotatable bonds is 5. The largest absolute Gasteiger partial charge is 0.378 e.